The number of aryl methyl sites for hydroxylation is 2. The van der Waals surface area contributed by atoms with Gasteiger partial charge in [0, 0.05) is 24.5 Å². The molecule has 3 aromatic rings. The van der Waals surface area contributed by atoms with Gasteiger partial charge in [-0.1, -0.05) is 0 Å². The Labute approximate surface area is 200 Å². The number of hydrogen-bond acceptors (Lipinski definition) is 7. The Morgan fingerprint density at radius 3 is 2.50 bits per heavy atom. The van der Waals surface area contributed by atoms with E-state index in [-0.39, 0.29) is 6.10 Å². The van der Waals surface area contributed by atoms with E-state index >= 15 is 0 Å². The molecular weight excluding hydrogens is 428 g/mol. The topological polar surface area (TPSA) is 68.5 Å². The molecule has 5 heterocycles. The second kappa shape index (κ2) is 8.91. The van der Waals surface area contributed by atoms with Crippen LogP contribution in [0.5, 0.6) is 0 Å². The minimum absolute atomic E-state index is 0.201. The van der Waals surface area contributed by atoms with Crippen LogP contribution >= 0.6 is 0 Å². The third-order valence-electron chi connectivity index (χ3n) is 7.66. The molecule has 34 heavy (non-hydrogen) atoms. The third kappa shape index (κ3) is 4.08. The summed E-state index contributed by atoms with van der Waals surface area (Å²) < 4.78 is 13.1. The van der Waals surface area contributed by atoms with Crippen LogP contribution in [0.2, 0.25) is 0 Å². The molecule has 0 radical (unpaired) electrons. The van der Waals surface area contributed by atoms with Crippen LogP contribution in [0.4, 0.5) is 5.82 Å². The van der Waals surface area contributed by atoms with Gasteiger partial charge in [-0.2, -0.15) is 5.10 Å². The van der Waals surface area contributed by atoms with Crippen LogP contribution in [0.25, 0.3) is 16.7 Å². The second-order valence-electron chi connectivity index (χ2n) is 10.1. The quantitative estimate of drug-likeness (QED) is 0.590. The van der Waals surface area contributed by atoms with E-state index in [1.165, 1.54) is 24.0 Å². The summed E-state index contributed by atoms with van der Waals surface area (Å²) >= 11 is 0. The van der Waals surface area contributed by atoms with Crippen LogP contribution in [0.15, 0.2) is 24.4 Å². The molecule has 0 bridgehead atoms. The molecule has 0 N–H and O–H groups in total. The maximum atomic E-state index is 5.72. The summed E-state index contributed by atoms with van der Waals surface area (Å²) in [5.74, 6) is 3.12. The van der Waals surface area contributed by atoms with Gasteiger partial charge in [0.05, 0.1) is 43.7 Å². The number of ether oxygens (including phenoxy) is 2. The standard InChI is InChI=1S/C26H34N6O2/c1-17-10-21-13-27-32(26-12-25(28-19(3)29-26)31-8-9-34-18(2)14-31)24(21)11-23(17)20-4-6-30(7-5-20)22-15-33-16-22/h10-13,18,20,22H,4-9,14-16H2,1-3H3/t18-/m1/s1. The van der Waals surface area contributed by atoms with E-state index in [0.717, 1.165) is 74.4 Å². The van der Waals surface area contributed by atoms with E-state index in [2.05, 4.69) is 41.8 Å². The van der Waals surface area contributed by atoms with Gasteiger partial charge in [-0.05, 0) is 75.9 Å². The van der Waals surface area contributed by atoms with Crippen molar-refractivity contribution in [2.45, 2.75) is 51.7 Å². The molecule has 0 aliphatic carbocycles. The number of nitrogens with zero attached hydrogens (tertiary/aromatic N) is 6. The first-order valence-electron chi connectivity index (χ1n) is 12.6. The first-order valence-corrected chi connectivity index (χ1v) is 12.6. The van der Waals surface area contributed by atoms with E-state index in [1.54, 1.807) is 0 Å². The predicted molar refractivity (Wildman–Crippen MR) is 132 cm³/mol. The first-order chi connectivity index (χ1) is 16.5. The molecule has 3 aliphatic heterocycles. The van der Waals surface area contributed by atoms with Crippen molar-refractivity contribution in [3.8, 4) is 5.82 Å². The number of fused-ring (bicyclic) bond motifs is 1. The smallest absolute Gasteiger partial charge is 0.159 e. The minimum atomic E-state index is 0.201. The summed E-state index contributed by atoms with van der Waals surface area (Å²) in [6.45, 7) is 12.8. The van der Waals surface area contributed by atoms with Gasteiger partial charge in [-0.15, -0.1) is 0 Å². The third-order valence-corrected chi connectivity index (χ3v) is 7.66. The Morgan fingerprint density at radius 2 is 1.76 bits per heavy atom. The van der Waals surface area contributed by atoms with Crippen molar-refractivity contribution in [3.05, 3.63) is 41.3 Å². The summed E-state index contributed by atoms with van der Waals surface area (Å²) in [6.07, 6.45) is 4.55. The lowest BCUT2D eigenvalue weighted by atomic mass is 9.85. The summed E-state index contributed by atoms with van der Waals surface area (Å²) in [5.41, 5.74) is 3.93. The average Bonchev–Trinajstić information content (AvgIpc) is 3.20. The van der Waals surface area contributed by atoms with Gasteiger partial charge < -0.3 is 14.4 Å². The fourth-order valence-corrected chi connectivity index (χ4v) is 5.67. The number of benzene rings is 1. The summed E-state index contributed by atoms with van der Waals surface area (Å²) in [5, 5.41) is 5.91. The van der Waals surface area contributed by atoms with Gasteiger partial charge in [0.15, 0.2) is 5.82 Å². The number of hydrogen-bond donors (Lipinski definition) is 0. The fraction of sp³-hybridized carbons (Fsp3) is 0.577. The normalized spacial score (nSPS) is 22.9. The van der Waals surface area contributed by atoms with Crippen molar-refractivity contribution in [1.82, 2.24) is 24.6 Å². The predicted octanol–water partition coefficient (Wildman–Crippen LogP) is 3.24. The molecule has 0 saturated carbocycles. The zero-order valence-corrected chi connectivity index (χ0v) is 20.4. The van der Waals surface area contributed by atoms with Crippen molar-refractivity contribution in [2.24, 2.45) is 0 Å². The molecule has 8 heteroatoms. The maximum absolute atomic E-state index is 5.72. The summed E-state index contributed by atoms with van der Waals surface area (Å²) in [4.78, 5) is 14.4. The highest BCUT2D eigenvalue weighted by atomic mass is 16.5. The molecule has 0 spiro atoms. The molecule has 3 fully saturated rings. The van der Waals surface area contributed by atoms with Gasteiger partial charge >= 0.3 is 0 Å². The van der Waals surface area contributed by atoms with Crippen molar-refractivity contribution >= 4 is 16.7 Å². The fourth-order valence-electron chi connectivity index (χ4n) is 5.67. The molecule has 6 rings (SSSR count). The zero-order valence-electron chi connectivity index (χ0n) is 20.4. The molecule has 3 aliphatic rings. The van der Waals surface area contributed by atoms with E-state index in [4.69, 9.17) is 24.5 Å². The lowest BCUT2D eigenvalue weighted by Crippen LogP contribution is -2.51. The highest BCUT2D eigenvalue weighted by molar-refractivity contribution is 5.82. The molecule has 3 saturated heterocycles. The van der Waals surface area contributed by atoms with Gasteiger partial charge in [-0.3, -0.25) is 4.90 Å². The molecule has 8 nitrogen and oxygen atoms in total. The van der Waals surface area contributed by atoms with Crippen LogP contribution in [0, 0.1) is 13.8 Å². The Morgan fingerprint density at radius 1 is 0.971 bits per heavy atom. The summed E-state index contributed by atoms with van der Waals surface area (Å²) in [6, 6.07) is 7.35. The Bertz CT molecular complexity index is 1180. The number of anilines is 1. The van der Waals surface area contributed by atoms with E-state index in [1.807, 2.05) is 17.8 Å². The number of rotatable bonds is 4. The lowest BCUT2D eigenvalue weighted by Gasteiger charge is -2.41. The van der Waals surface area contributed by atoms with Crippen LogP contribution in [0.3, 0.4) is 0 Å². The zero-order chi connectivity index (χ0) is 23.2. The summed E-state index contributed by atoms with van der Waals surface area (Å²) in [7, 11) is 0. The Hall–Kier alpha value is -2.55. The number of morpholine rings is 1. The molecule has 1 aromatic carbocycles. The highest BCUT2D eigenvalue weighted by Gasteiger charge is 2.30. The molecule has 0 amide bonds. The monoisotopic (exact) mass is 462 g/mol. The number of likely N-dealkylation sites (tertiary alicyclic amines) is 1. The minimum Gasteiger partial charge on any atom is -0.378 e. The molecule has 180 valence electrons. The molecule has 0 unspecified atom stereocenters. The molecular formula is C26H34N6O2. The number of piperidine rings is 1. The number of aromatic nitrogens is 4. The van der Waals surface area contributed by atoms with Gasteiger partial charge in [-0.25, -0.2) is 14.6 Å². The van der Waals surface area contributed by atoms with Crippen molar-refractivity contribution in [3.63, 3.8) is 0 Å². The van der Waals surface area contributed by atoms with Crippen LogP contribution < -0.4 is 4.90 Å². The SMILES string of the molecule is Cc1nc(N2CCO[C@H](C)C2)cc(-n2ncc3cc(C)c(C4CCN(C5COC5)CC4)cc32)n1. The van der Waals surface area contributed by atoms with Crippen LogP contribution in [0.1, 0.15) is 42.6 Å². The van der Waals surface area contributed by atoms with E-state index < -0.39 is 0 Å². The van der Waals surface area contributed by atoms with Crippen LogP contribution in [-0.4, -0.2) is 82.8 Å². The Balaban J connectivity index is 1.31. The van der Waals surface area contributed by atoms with Crippen molar-refractivity contribution < 1.29 is 9.47 Å². The second-order valence-corrected chi connectivity index (χ2v) is 10.1. The molecule has 2 aromatic heterocycles. The largest absolute Gasteiger partial charge is 0.378 e. The average molecular weight is 463 g/mol. The first kappa shape index (κ1) is 21.9. The van der Waals surface area contributed by atoms with E-state index in [0.29, 0.717) is 12.0 Å². The maximum Gasteiger partial charge on any atom is 0.159 e. The van der Waals surface area contributed by atoms with Gasteiger partial charge in [0.1, 0.15) is 11.6 Å². The van der Waals surface area contributed by atoms with Gasteiger partial charge in [0.2, 0.25) is 0 Å². The van der Waals surface area contributed by atoms with Crippen molar-refractivity contribution in [1.29, 1.82) is 0 Å². The lowest BCUT2D eigenvalue weighted by molar-refractivity contribution is -0.0712. The van der Waals surface area contributed by atoms with Gasteiger partial charge in [0.25, 0.3) is 0 Å². The Kier molecular flexibility index (Phi) is 5.75. The van der Waals surface area contributed by atoms with Crippen molar-refractivity contribution in [2.75, 3.05) is 50.9 Å². The van der Waals surface area contributed by atoms with E-state index in [9.17, 15) is 0 Å². The van der Waals surface area contributed by atoms with Crippen LogP contribution in [-0.2, 0) is 9.47 Å². The highest BCUT2D eigenvalue weighted by Crippen LogP contribution is 2.34. The molecule has 1 atom stereocenters.